The van der Waals surface area contributed by atoms with Crippen LogP contribution in [0.4, 0.5) is 5.82 Å². The summed E-state index contributed by atoms with van der Waals surface area (Å²) < 4.78 is 0. The molecule has 1 heterocycles. The van der Waals surface area contributed by atoms with Crippen LogP contribution >= 0.6 is 0 Å². The van der Waals surface area contributed by atoms with Gasteiger partial charge in [-0.25, -0.2) is 4.98 Å². The van der Waals surface area contributed by atoms with Gasteiger partial charge >= 0.3 is 0 Å². The van der Waals surface area contributed by atoms with Crippen molar-refractivity contribution in [3.63, 3.8) is 0 Å². The molecule has 15 heavy (non-hydrogen) atoms. The number of rotatable bonds is 3. The number of carbonyl (C=O) groups excluding carboxylic acids is 1. The number of nitrogen functional groups attached to an aromatic ring is 1. The van der Waals surface area contributed by atoms with Crippen LogP contribution in [0.3, 0.4) is 0 Å². The Labute approximate surface area is 90.1 Å². The quantitative estimate of drug-likeness (QED) is 0.813. The molecule has 0 saturated carbocycles. The van der Waals surface area contributed by atoms with E-state index in [-0.39, 0.29) is 5.91 Å². The lowest BCUT2D eigenvalue weighted by molar-refractivity contribution is 0.0827. The summed E-state index contributed by atoms with van der Waals surface area (Å²) in [6, 6.07) is 3.42. The predicted octanol–water partition coefficient (Wildman–Crippen LogP) is 1.32. The van der Waals surface area contributed by atoms with Crippen molar-refractivity contribution in [1.82, 2.24) is 9.88 Å². The van der Waals surface area contributed by atoms with Gasteiger partial charge in [0.1, 0.15) is 5.82 Å². The fraction of sp³-hybridized carbons (Fsp3) is 0.455. The van der Waals surface area contributed by atoms with Crippen LogP contribution in [-0.2, 0) is 6.42 Å². The van der Waals surface area contributed by atoms with E-state index in [0.717, 1.165) is 18.5 Å². The summed E-state index contributed by atoms with van der Waals surface area (Å²) in [5, 5.41) is 0. The highest BCUT2D eigenvalue weighted by molar-refractivity contribution is 5.94. The lowest BCUT2D eigenvalue weighted by Gasteiger charge is -2.11. The highest BCUT2D eigenvalue weighted by atomic mass is 16.2. The summed E-state index contributed by atoms with van der Waals surface area (Å²) in [5.41, 5.74) is 7.13. The number of pyridine rings is 1. The van der Waals surface area contributed by atoms with Gasteiger partial charge in [-0.15, -0.1) is 0 Å². The highest BCUT2D eigenvalue weighted by Crippen LogP contribution is 2.11. The first-order valence-electron chi connectivity index (χ1n) is 5.02. The first-order chi connectivity index (χ1) is 7.04. The zero-order chi connectivity index (χ0) is 11.4. The maximum atomic E-state index is 11.7. The number of hydrogen-bond acceptors (Lipinski definition) is 3. The third-order valence-electron chi connectivity index (χ3n) is 2.06. The topological polar surface area (TPSA) is 59.2 Å². The molecule has 1 amide bonds. The Kier molecular flexibility index (Phi) is 3.66. The van der Waals surface area contributed by atoms with Crippen molar-refractivity contribution in [1.29, 1.82) is 0 Å². The Hall–Kier alpha value is -1.58. The number of aromatic nitrogens is 1. The van der Waals surface area contributed by atoms with Gasteiger partial charge in [-0.1, -0.05) is 13.3 Å². The van der Waals surface area contributed by atoms with E-state index in [0.29, 0.717) is 11.4 Å². The molecule has 0 aromatic carbocycles. The van der Waals surface area contributed by atoms with Crippen molar-refractivity contribution in [2.24, 2.45) is 0 Å². The predicted molar refractivity (Wildman–Crippen MR) is 60.7 cm³/mol. The number of anilines is 1. The van der Waals surface area contributed by atoms with Crippen LogP contribution in [0.1, 0.15) is 29.4 Å². The lowest BCUT2D eigenvalue weighted by atomic mass is 10.1. The van der Waals surface area contributed by atoms with Crippen LogP contribution in [0.25, 0.3) is 0 Å². The molecule has 0 atom stereocenters. The summed E-state index contributed by atoms with van der Waals surface area (Å²) >= 11 is 0. The van der Waals surface area contributed by atoms with Gasteiger partial charge in [0.05, 0.1) is 0 Å². The summed E-state index contributed by atoms with van der Waals surface area (Å²) in [7, 11) is 3.44. The monoisotopic (exact) mass is 207 g/mol. The second kappa shape index (κ2) is 4.77. The zero-order valence-corrected chi connectivity index (χ0v) is 9.45. The minimum absolute atomic E-state index is 0.0403. The Morgan fingerprint density at radius 3 is 2.67 bits per heavy atom. The van der Waals surface area contributed by atoms with Gasteiger partial charge in [-0.05, 0) is 18.6 Å². The van der Waals surface area contributed by atoms with E-state index in [1.165, 1.54) is 4.90 Å². The van der Waals surface area contributed by atoms with Crippen LogP contribution in [0.15, 0.2) is 12.1 Å². The molecule has 0 aliphatic rings. The minimum atomic E-state index is -0.0403. The average Bonchev–Trinajstić information content (AvgIpc) is 2.16. The lowest BCUT2D eigenvalue weighted by Crippen LogP contribution is -2.22. The Morgan fingerprint density at radius 1 is 1.47 bits per heavy atom. The smallest absolute Gasteiger partial charge is 0.253 e. The molecule has 1 rings (SSSR count). The van der Waals surface area contributed by atoms with Crippen molar-refractivity contribution in [3.8, 4) is 0 Å². The standard InChI is InChI=1S/C11H17N3O/c1-4-5-9-6-8(7-10(12)13-9)11(15)14(2)3/h6-7H,4-5H2,1-3H3,(H2,12,13). The first-order valence-corrected chi connectivity index (χ1v) is 5.02. The van der Waals surface area contributed by atoms with Gasteiger partial charge in [0, 0.05) is 25.4 Å². The Morgan fingerprint density at radius 2 is 2.13 bits per heavy atom. The number of nitrogens with two attached hydrogens (primary N) is 1. The van der Waals surface area contributed by atoms with Crippen LogP contribution < -0.4 is 5.73 Å². The van der Waals surface area contributed by atoms with E-state index >= 15 is 0 Å². The van der Waals surface area contributed by atoms with Crippen LogP contribution in [-0.4, -0.2) is 29.9 Å². The third kappa shape index (κ3) is 2.94. The molecule has 4 nitrogen and oxygen atoms in total. The minimum Gasteiger partial charge on any atom is -0.384 e. The number of carbonyl (C=O) groups is 1. The second-order valence-electron chi connectivity index (χ2n) is 3.72. The molecule has 0 aliphatic carbocycles. The van der Waals surface area contributed by atoms with E-state index in [9.17, 15) is 4.79 Å². The number of nitrogens with zero attached hydrogens (tertiary/aromatic N) is 2. The number of amides is 1. The number of hydrogen-bond donors (Lipinski definition) is 1. The SMILES string of the molecule is CCCc1cc(C(=O)N(C)C)cc(N)n1. The molecule has 0 spiro atoms. The largest absolute Gasteiger partial charge is 0.384 e. The molecule has 82 valence electrons. The summed E-state index contributed by atoms with van der Waals surface area (Å²) in [4.78, 5) is 17.4. The van der Waals surface area contributed by atoms with Crippen molar-refractivity contribution >= 4 is 11.7 Å². The zero-order valence-electron chi connectivity index (χ0n) is 9.45. The average molecular weight is 207 g/mol. The Bertz CT molecular complexity index is 361. The molecule has 0 aliphatic heterocycles. The van der Waals surface area contributed by atoms with E-state index < -0.39 is 0 Å². The van der Waals surface area contributed by atoms with Crippen molar-refractivity contribution < 1.29 is 4.79 Å². The molecule has 0 radical (unpaired) electrons. The molecule has 1 aromatic heterocycles. The van der Waals surface area contributed by atoms with Crippen LogP contribution in [0.5, 0.6) is 0 Å². The fourth-order valence-corrected chi connectivity index (χ4v) is 1.38. The second-order valence-corrected chi connectivity index (χ2v) is 3.72. The molecule has 2 N–H and O–H groups in total. The summed E-state index contributed by atoms with van der Waals surface area (Å²) in [6.45, 7) is 2.07. The molecule has 4 heteroatoms. The molecule has 1 aromatic rings. The third-order valence-corrected chi connectivity index (χ3v) is 2.06. The molecular formula is C11H17N3O. The van der Waals surface area contributed by atoms with Gasteiger partial charge in [0.25, 0.3) is 5.91 Å². The maximum absolute atomic E-state index is 11.7. The Balaban J connectivity index is 3.03. The number of aryl methyl sites for hydroxylation is 1. The highest BCUT2D eigenvalue weighted by Gasteiger charge is 2.10. The van der Waals surface area contributed by atoms with Crippen LogP contribution in [0.2, 0.25) is 0 Å². The maximum Gasteiger partial charge on any atom is 0.253 e. The van der Waals surface area contributed by atoms with Crippen molar-refractivity contribution in [3.05, 3.63) is 23.4 Å². The van der Waals surface area contributed by atoms with Crippen molar-refractivity contribution in [2.75, 3.05) is 19.8 Å². The summed E-state index contributed by atoms with van der Waals surface area (Å²) in [5.74, 6) is 0.368. The first kappa shape index (κ1) is 11.5. The van der Waals surface area contributed by atoms with Gasteiger partial charge in [0.2, 0.25) is 0 Å². The van der Waals surface area contributed by atoms with E-state index in [2.05, 4.69) is 11.9 Å². The fourth-order valence-electron chi connectivity index (χ4n) is 1.38. The molecule has 0 unspecified atom stereocenters. The van der Waals surface area contributed by atoms with E-state index in [1.54, 1.807) is 20.2 Å². The van der Waals surface area contributed by atoms with Crippen LogP contribution in [0, 0.1) is 0 Å². The van der Waals surface area contributed by atoms with Gasteiger partial charge < -0.3 is 10.6 Å². The summed E-state index contributed by atoms with van der Waals surface area (Å²) in [6.07, 6.45) is 1.84. The van der Waals surface area contributed by atoms with Gasteiger partial charge in [0.15, 0.2) is 0 Å². The molecule has 0 bridgehead atoms. The molecule has 0 saturated heterocycles. The molecule has 0 fully saturated rings. The van der Waals surface area contributed by atoms with Gasteiger partial charge in [-0.3, -0.25) is 4.79 Å². The van der Waals surface area contributed by atoms with E-state index in [4.69, 9.17) is 5.73 Å². The van der Waals surface area contributed by atoms with Gasteiger partial charge in [-0.2, -0.15) is 0 Å². The molecular weight excluding hydrogens is 190 g/mol. The van der Waals surface area contributed by atoms with Crippen molar-refractivity contribution in [2.45, 2.75) is 19.8 Å². The normalized spacial score (nSPS) is 10.1. The van der Waals surface area contributed by atoms with E-state index in [1.807, 2.05) is 6.07 Å².